The lowest BCUT2D eigenvalue weighted by Crippen LogP contribution is -2.18. The molecule has 8 heteroatoms. The van der Waals surface area contributed by atoms with Gasteiger partial charge in [-0.3, -0.25) is 0 Å². The smallest absolute Gasteiger partial charge is 0.163 e. The lowest BCUT2D eigenvalue weighted by atomic mass is 10.2. The van der Waals surface area contributed by atoms with Crippen LogP contribution in [0.2, 0.25) is 0 Å². The summed E-state index contributed by atoms with van der Waals surface area (Å²) in [5, 5.41) is 17.5. The Morgan fingerprint density at radius 2 is 1.96 bits per heavy atom. The van der Waals surface area contributed by atoms with Gasteiger partial charge in [0.15, 0.2) is 5.65 Å². The Morgan fingerprint density at radius 1 is 1.08 bits per heavy atom. The number of aromatic nitrogens is 5. The van der Waals surface area contributed by atoms with Gasteiger partial charge in [0.25, 0.3) is 0 Å². The summed E-state index contributed by atoms with van der Waals surface area (Å²) in [7, 11) is 0. The molecule has 0 radical (unpaired) electrons. The van der Waals surface area contributed by atoms with E-state index in [0.29, 0.717) is 18.7 Å². The lowest BCUT2D eigenvalue weighted by Gasteiger charge is -2.16. The van der Waals surface area contributed by atoms with Crippen molar-refractivity contribution >= 4 is 22.7 Å². The standard InChI is InChI=1S/C17H21N7O/c25-8-7-24-17-14(11-22-24)16(20-12-21-17)19-10-13-3-4-15(18-9-13)23-5-1-2-6-23/h3-4,9,11-12,25H,1-2,5-8,10H2,(H,19,20,21). The zero-order chi connectivity index (χ0) is 17.1. The quantitative estimate of drug-likeness (QED) is 0.702. The fourth-order valence-corrected chi connectivity index (χ4v) is 3.13. The number of nitrogens with zero attached hydrogens (tertiary/aromatic N) is 6. The van der Waals surface area contributed by atoms with E-state index in [4.69, 9.17) is 5.11 Å². The summed E-state index contributed by atoms with van der Waals surface area (Å²) in [6.45, 7) is 3.27. The third kappa shape index (κ3) is 3.25. The molecule has 0 spiro atoms. The minimum Gasteiger partial charge on any atom is -0.394 e. The fraction of sp³-hybridized carbons (Fsp3) is 0.412. The van der Waals surface area contributed by atoms with Crippen molar-refractivity contribution in [2.45, 2.75) is 25.9 Å². The molecule has 4 heterocycles. The third-order valence-corrected chi connectivity index (χ3v) is 4.44. The van der Waals surface area contributed by atoms with Crippen molar-refractivity contribution in [3.8, 4) is 0 Å². The maximum atomic E-state index is 9.09. The van der Waals surface area contributed by atoms with Crippen molar-refractivity contribution < 1.29 is 5.11 Å². The Hall–Kier alpha value is -2.74. The van der Waals surface area contributed by atoms with Crippen LogP contribution in [0.15, 0.2) is 30.9 Å². The number of anilines is 2. The Morgan fingerprint density at radius 3 is 2.72 bits per heavy atom. The van der Waals surface area contributed by atoms with Gasteiger partial charge in [-0.2, -0.15) is 5.10 Å². The Bertz CT molecular complexity index is 840. The molecule has 1 saturated heterocycles. The average molecular weight is 339 g/mol. The number of aliphatic hydroxyl groups excluding tert-OH is 1. The van der Waals surface area contributed by atoms with Crippen molar-refractivity contribution in [3.05, 3.63) is 36.4 Å². The maximum absolute atomic E-state index is 9.09. The number of pyridine rings is 1. The van der Waals surface area contributed by atoms with Crippen LogP contribution in [0, 0.1) is 0 Å². The van der Waals surface area contributed by atoms with Gasteiger partial charge >= 0.3 is 0 Å². The molecule has 4 rings (SSSR count). The van der Waals surface area contributed by atoms with Gasteiger partial charge < -0.3 is 15.3 Å². The summed E-state index contributed by atoms with van der Waals surface area (Å²) in [4.78, 5) is 15.5. The predicted octanol–water partition coefficient (Wildman–Crippen LogP) is 1.43. The molecule has 0 bridgehead atoms. The molecule has 0 saturated carbocycles. The minimum absolute atomic E-state index is 0.0264. The molecule has 0 atom stereocenters. The van der Waals surface area contributed by atoms with Crippen LogP contribution in [0.5, 0.6) is 0 Å². The van der Waals surface area contributed by atoms with E-state index in [-0.39, 0.29) is 6.61 Å². The van der Waals surface area contributed by atoms with E-state index >= 15 is 0 Å². The highest BCUT2D eigenvalue weighted by Crippen LogP contribution is 2.20. The number of hydrogen-bond donors (Lipinski definition) is 2. The molecule has 1 fully saturated rings. The minimum atomic E-state index is 0.0264. The van der Waals surface area contributed by atoms with E-state index in [9.17, 15) is 0 Å². The molecule has 0 amide bonds. The SMILES string of the molecule is OCCn1ncc2c(NCc3ccc(N4CCCC4)nc3)ncnc21. The second-order valence-corrected chi connectivity index (χ2v) is 6.12. The summed E-state index contributed by atoms with van der Waals surface area (Å²) in [5.41, 5.74) is 1.81. The molecule has 130 valence electrons. The summed E-state index contributed by atoms with van der Waals surface area (Å²) < 4.78 is 1.68. The van der Waals surface area contributed by atoms with E-state index in [1.54, 1.807) is 10.9 Å². The van der Waals surface area contributed by atoms with Gasteiger partial charge in [0.05, 0.1) is 24.7 Å². The van der Waals surface area contributed by atoms with Crippen LogP contribution in [-0.2, 0) is 13.1 Å². The van der Waals surface area contributed by atoms with Crippen LogP contribution in [-0.4, -0.2) is 49.5 Å². The zero-order valence-corrected chi connectivity index (χ0v) is 14.0. The summed E-state index contributed by atoms with van der Waals surface area (Å²) in [6.07, 6.45) is 7.64. The molecule has 25 heavy (non-hydrogen) atoms. The molecule has 0 aromatic carbocycles. The summed E-state index contributed by atoms with van der Waals surface area (Å²) in [6, 6.07) is 4.18. The Kier molecular flexibility index (Phi) is 4.43. The van der Waals surface area contributed by atoms with Crippen LogP contribution >= 0.6 is 0 Å². The molecule has 3 aromatic heterocycles. The highest BCUT2D eigenvalue weighted by atomic mass is 16.3. The molecule has 0 aliphatic carbocycles. The molecule has 1 aliphatic heterocycles. The van der Waals surface area contributed by atoms with Crippen molar-refractivity contribution in [3.63, 3.8) is 0 Å². The van der Waals surface area contributed by atoms with E-state index in [2.05, 4.69) is 42.4 Å². The highest BCUT2D eigenvalue weighted by Gasteiger charge is 2.13. The zero-order valence-electron chi connectivity index (χ0n) is 14.0. The first-order valence-electron chi connectivity index (χ1n) is 8.56. The second-order valence-electron chi connectivity index (χ2n) is 6.12. The van der Waals surface area contributed by atoms with Gasteiger partial charge in [-0.25, -0.2) is 19.6 Å². The number of aliphatic hydroxyl groups is 1. The van der Waals surface area contributed by atoms with Crippen molar-refractivity contribution in [1.82, 2.24) is 24.7 Å². The highest BCUT2D eigenvalue weighted by molar-refractivity contribution is 5.86. The van der Waals surface area contributed by atoms with E-state index < -0.39 is 0 Å². The van der Waals surface area contributed by atoms with Crippen LogP contribution in [0.3, 0.4) is 0 Å². The first-order valence-corrected chi connectivity index (χ1v) is 8.56. The van der Waals surface area contributed by atoms with Crippen LogP contribution in [0.1, 0.15) is 18.4 Å². The molecule has 1 aliphatic rings. The second kappa shape index (κ2) is 7.02. The molecule has 3 aromatic rings. The van der Waals surface area contributed by atoms with E-state index in [1.807, 2.05) is 6.20 Å². The van der Waals surface area contributed by atoms with Gasteiger partial charge in [-0.15, -0.1) is 0 Å². The topological polar surface area (TPSA) is 92.0 Å². The first-order chi connectivity index (χ1) is 12.3. The van der Waals surface area contributed by atoms with Gasteiger partial charge in [0, 0.05) is 25.8 Å². The molecule has 2 N–H and O–H groups in total. The third-order valence-electron chi connectivity index (χ3n) is 4.44. The number of rotatable bonds is 6. The maximum Gasteiger partial charge on any atom is 0.163 e. The number of fused-ring (bicyclic) bond motifs is 1. The van der Waals surface area contributed by atoms with Gasteiger partial charge in [-0.1, -0.05) is 6.07 Å². The van der Waals surface area contributed by atoms with Crippen LogP contribution < -0.4 is 10.2 Å². The lowest BCUT2D eigenvalue weighted by molar-refractivity contribution is 0.271. The Balaban J connectivity index is 1.46. The van der Waals surface area contributed by atoms with Crippen molar-refractivity contribution in [2.75, 3.05) is 29.9 Å². The van der Waals surface area contributed by atoms with Crippen molar-refractivity contribution in [1.29, 1.82) is 0 Å². The van der Waals surface area contributed by atoms with Crippen LogP contribution in [0.4, 0.5) is 11.6 Å². The summed E-state index contributed by atoms with van der Waals surface area (Å²) in [5.74, 6) is 1.79. The predicted molar refractivity (Wildman–Crippen MR) is 95.4 cm³/mol. The first kappa shape index (κ1) is 15.8. The van der Waals surface area contributed by atoms with E-state index in [0.717, 1.165) is 35.7 Å². The molecular formula is C17H21N7O. The Labute approximate surface area is 145 Å². The molecule has 0 unspecified atom stereocenters. The number of hydrogen-bond acceptors (Lipinski definition) is 7. The van der Waals surface area contributed by atoms with Crippen LogP contribution in [0.25, 0.3) is 11.0 Å². The molecular weight excluding hydrogens is 318 g/mol. The monoisotopic (exact) mass is 339 g/mol. The molecule has 8 nitrogen and oxygen atoms in total. The van der Waals surface area contributed by atoms with Gasteiger partial charge in [0.1, 0.15) is 18.0 Å². The fourth-order valence-electron chi connectivity index (χ4n) is 3.13. The largest absolute Gasteiger partial charge is 0.394 e. The van der Waals surface area contributed by atoms with Gasteiger partial charge in [-0.05, 0) is 24.5 Å². The number of nitrogens with one attached hydrogen (secondary N) is 1. The summed E-state index contributed by atoms with van der Waals surface area (Å²) >= 11 is 0. The normalized spacial score (nSPS) is 14.4. The van der Waals surface area contributed by atoms with Crippen molar-refractivity contribution in [2.24, 2.45) is 0 Å². The van der Waals surface area contributed by atoms with E-state index in [1.165, 1.54) is 19.2 Å². The average Bonchev–Trinajstić information content (AvgIpc) is 3.31. The van der Waals surface area contributed by atoms with Gasteiger partial charge in [0.2, 0.25) is 0 Å².